The highest BCUT2D eigenvalue weighted by Crippen LogP contribution is 2.18. The van der Waals surface area contributed by atoms with Gasteiger partial charge in [-0.25, -0.2) is 0 Å². The smallest absolute Gasteiger partial charge is 0.306 e. The molecule has 446 valence electrons. The minimum absolute atomic E-state index is 0.0932. The van der Waals surface area contributed by atoms with Gasteiger partial charge in [0, 0.05) is 19.3 Å². The molecule has 1 unspecified atom stereocenters. The molecular formula is C71H126O6. The summed E-state index contributed by atoms with van der Waals surface area (Å²) in [5, 5.41) is 0. The summed E-state index contributed by atoms with van der Waals surface area (Å²) in [5.74, 6) is -0.960. The van der Waals surface area contributed by atoms with Gasteiger partial charge in [-0.2, -0.15) is 0 Å². The molecule has 0 aromatic heterocycles. The zero-order chi connectivity index (χ0) is 55.7. The lowest BCUT2D eigenvalue weighted by atomic mass is 10.0. The van der Waals surface area contributed by atoms with Crippen molar-refractivity contribution in [3.05, 3.63) is 72.9 Å². The van der Waals surface area contributed by atoms with E-state index < -0.39 is 6.10 Å². The highest BCUT2D eigenvalue weighted by atomic mass is 16.6. The average Bonchev–Trinajstić information content (AvgIpc) is 3.43. The summed E-state index contributed by atoms with van der Waals surface area (Å²) in [7, 11) is 0. The van der Waals surface area contributed by atoms with E-state index in [4.69, 9.17) is 14.2 Å². The zero-order valence-corrected chi connectivity index (χ0v) is 51.2. The fraction of sp³-hybridized carbons (Fsp3) is 0.789. The largest absolute Gasteiger partial charge is 0.462 e. The molecule has 0 N–H and O–H groups in total. The van der Waals surface area contributed by atoms with Gasteiger partial charge in [0.05, 0.1) is 0 Å². The van der Waals surface area contributed by atoms with E-state index in [2.05, 4.69) is 87.6 Å². The Balaban J connectivity index is 4.23. The minimum Gasteiger partial charge on any atom is -0.462 e. The summed E-state index contributed by atoms with van der Waals surface area (Å²) in [6.45, 7) is 6.50. The summed E-state index contributed by atoms with van der Waals surface area (Å²) in [4.78, 5) is 38.3. The van der Waals surface area contributed by atoms with Gasteiger partial charge in [-0.1, -0.05) is 318 Å². The van der Waals surface area contributed by atoms with Crippen LogP contribution in [-0.2, 0) is 28.6 Å². The van der Waals surface area contributed by atoms with E-state index in [1.54, 1.807) is 0 Å². The van der Waals surface area contributed by atoms with Gasteiger partial charge in [-0.05, 0) is 77.0 Å². The summed E-state index contributed by atoms with van der Waals surface area (Å²) in [6, 6.07) is 0. The van der Waals surface area contributed by atoms with Gasteiger partial charge < -0.3 is 14.2 Å². The number of esters is 3. The molecule has 0 saturated heterocycles. The third-order valence-electron chi connectivity index (χ3n) is 14.7. The van der Waals surface area contributed by atoms with Crippen molar-refractivity contribution in [2.75, 3.05) is 13.2 Å². The summed E-state index contributed by atoms with van der Waals surface area (Å²) < 4.78 is 16.9. The minimum atomic E-state index is -0.802. The molecule has 0 amide bonds. The van der Waals surface area contributed by atoms with Crippen LogP contribution in [0.25, 0.3) is 0 Å². The van der Waals surface area contributed by atoms with Gasteiger partial charge in [0.2, 0.25) is 0 Å². The number of allylic oxidation sites excluding steroid dienone is 12. The van der Waals surface area contributed by atoms with Crippen molar-refractivity contribution >= 4 is 17.9 Å². The van der Waals surface area contributed by atoms with E-state index in [1.807, 2.05) is 6.08 Å². The Morgan fingerprint density at radius 1 is 0.273 bits per heavy atom. The molecule has 0 fully saturated rings. The molecule has 77 heavy (non-hydrogen) atoms. The van der Waals surface area contributed by atoms with E-state index in [-0.39, 0.29) is 37.5 Å². The van der Waals surface area contributed by atoms with E-state index >= 15 is 0 Å². The lowest BCUT2D eigenvalue weighted by Gasteiger charge is -2.18. The maximum absolute atomic E-state index is 12.9. The second kappa shape index (κ2) is 65.4. The quantitative estimate of drug-likeness (QED) is 0.0261. The molecule has 1 atom stereocenters. The van der Waals surface area contributed by atoms with Crippen molar-refractivity contribution in [1.82, 2.24) is 0 Å². The fourth-order valence-corrected chi connectivity index (χ4v) is 9.73. The Morgan fingerprint density at radius 3 is 0.870 bits per heavy atom. The van der Waals surface area contributed by atoms with E-state index in [9.17, 15) is 14.4 Å². The summed E-state index contributed by atoms with van der Waals surface area (Å²) in [5.41, 5.74) is 0. The van der Waals surface area contributed by atoms with Gasteiger partial charge in [0.1, 0.15) is 13.2 Å². The predicted molar refractivity (Wildman–Crippen MR) is 335 cm³/mol. The lowest BCUT2D eigenvalue weighted by Crippen LogP contribution is -2.30. The van der Waals surface area contributed by atoms with E-state index in [1.165, 1.54) is 225 Å². The van der Waals surface area contributed by atoms with Crippen LogP contribution in [0.5, 0.6) is 0 Å². The number of carbonyl (C=O) groups excluding carboxylic acids is 3. The second-order valence-corrected chi connectivity index (χ2v) is 22.4. The van der Waals surface area contributed by atoms with Crippen LogP contribution in [-0.4, -0.2) is 37.2 Å². The standard InChI is InChI=1S/C71H126O6/c1-4-7-10-13-16-19-22-25-27-29-30-31-32-33-34-35-36-37-38-39-40-42-43-46-49-52-55-58-61-64-70(73)76-67-68(66-75-69(72)63-60-57-54-51-48-45-24-21-18-15-12-9-6-3)77-71(74)65-62-59-56-53-50-47-44-41-28-26-23-20-17-14-11-8-5-2/h9,12,18,21-22,25,29-30,45,48,54,57,68H,4-8,10-11,13-17,19-20,23-24,26-28,31-44,46-47,49-53,55-56,58-67H2,1-3H3/b12-9-,21-18-,25-22-,30-29-,48-45-,57-54-. The maximum atomic E-state index is 12.9. The Labute approximate surface area is 478 Å². The van der Waals surface area contributed by atoms with Crippen LogP contribution in [0.1, 0.15) is 342 Å². The van der Waals surface area contributed by atoms with Gasteiger partial charge in [0.25, 0.3) is 0 Å². The molecule has 0 aromatic rings. The first-order valence-electron chi connectivity index (χ1n) is 33.4. The van der Waals surface area contributed by atoms with Gasteiger partial charge in [-0.15, -0.1) is 0 Å². The topological polar surface area (TPSA) is 78.9 Å². The van der Waals surface area contributed by atoms with Crippen molar-refractivity contribution in [3.8, 4) is 0 Å². The van der Waals surface area contributed by atoms with Gasteiger partial charge in [-0.3, -0.25) is 14.4 Å². The van der Waals surface area contributed by atoms with Crippen molar-refractivity contribution in [2.24, 2.45) is 0 Å². The van der Waals surface area contributed by atoms with Crippen molar-refractivity contribution in [3.63, 3.8) is 0 Å². The van der Waals surface area contributed by atoms with Crippen LogP contribution in [0.15, 0.2) is 72.9 Å². The van der Waals surface area contributed by atoms with Crippen LogP contribution in [0.2, 0.25) is 0 Å². The molecule has 0 radical (unpaired) electrons. The number of hydrogen-bond donors (Lipinski definition) is 0. The molecule has 0 spiro atoms. The molecule has 0 aliphatic rings. The Kier molecular flexibility index (Phi) is 62.7. The number of carbonyl (C=O) groups is 3. The Bertz CT molecular complexity index is 1420. The third kappa shape index (κ3) is 63.6. The SMILES string of the molecule is CC/C=C\C/C=C\C/C=C\C/C=C\CCC(=O)OCC(COC(=O)CCCCCCCCCCCCCCCCCCC/C=C\C/C=C\CCCCCCC)OC(=O)CCCCCCCCCCCCCCCCCCC. The average molecular weight is 1080 g/mol. The molecule has 0 aliphatic carbocycles. The highest BCUT2D eigenvalue weighted by molar-refractivity contribution is 5.71. The van der Waals surface area contributed by atoms with Crippen LogP contribution in [0, 0.1) is 0 Å². The molecule has 6 nitrogen and oxygen atoms in total. The van der Waals surface area contributed by atoms with Crippen LogP contribution >= 0.6 is 0 Å². The first kappa shape index (κ1) is 73.8. The number of unbranched alkanes of at least 4 members (excludes halogenated alkanes) is 38. The number of hydrogen-bond acceptors (Lipinski definition) is 6. The predicted octanol–water partition coefficient (Wildman–Crippen LogP) is 22.9. The van der Waals surface area contributed by atoms with Crippen LogP contribution in [0.4, 0.5) is 0 Å². The number of rotatable bonds is 61. The highest BCUT2D eigenvalue weighted by Gasteiger charge is 2.19. The molecule has 0 aliphatic heterocycles. The van der Waals surface area contributed by atoms with Crippen LogP contribution in [0.3, 0.4) is 0 Å². The molecule has 0 heterocycles. The van der Waals surface area contributed by atoms with Crippen molar-refractivity contribution in [1.29, 1.82) is 0 Å². The normalized spacial score (nSPS) is 12.5. The van der Waals surface area contributed by atoms with E-state index in [0.29, 0.717) is 19.3 Å². The molecule has 6 heteroatoms. The summed E-state index contributed by atoms with van der Waals surface area (Å²) in [6.07, 6.45) is 85.2. The fourth-order valence-electron chi connectivity index (χ4n) is 9.73. The van der Waals surface area contributed by atoms with Gasteiger partial charge >= 0.3 is 17.9 Å². The first-order valence-corrected chi connectivity index (χ1v) is 33.4. The molecule has 0 rings (SSSR count). The molecule has 0 saturated carbocycles. The lowest BCUT2D eigenvalue weighted by molar-refractivity contribution is -0.166. The molecular weight excluding hydrogens is 949 g/mol. The monoisotopic (exact) mass is 1070 g/mol. The Morgan fingerprint density at radius 2 is 0.532 bits per heavy atom. The molecule has 0 aromatic carbocycles. The second-order valence-electron chi connectivity index (χ2n) is 22.4. The van der Waals surface area contributed by atoms with Crippen molar-refractivity contribution < 1.29 is 28.6 Å². The maximum Gasteiger partial charge on any atom is 0.306 e. The molecule has 0 bridgehead atoms. The summed E-state index contributed by atoms with van der Waals surface area (Å²) >= 11 is 0. The third-order valence-corrected chi connectivity index (χ3v) is 14.7. The first-order chi connectivity index (χ1) is 38.0. The van der Waals surface area contributed by atoms with E-state index in [0.717, 1.165) is 70.6 Å². The Hall–Kier alpha value is -3.15. The van der Waals surface area contributed by atoms with Gasteiger partial charge in [0.15, 0.2) is 6.10 Å². The van der Waals surface area contributed by atoms with Crippen LogP contribution < -0.4 is 0 Å². The van der Waals surface area contributed by atoms with Crippen molar-refractivity contribution in [2.45, 2.75) is 348 Å². The zero-order valence-electron chi connectivity index (χ0n) is 51.2. The number of ether oxygens (including phenoxy) is 3.